The van der Waals surface area contributed by atoms with Crippen LogP contribution in [0.3, 0.4) is 0 Å². The molecule has 0 saturated heterocycles. The largest absolute Gasteiger partial charge is 0.448 e. The first-order valence-electron chi connectivity index (χ1n) is 11.2. The monoisotopic (exact) mass is 449 g/mol. The maximum absolute atomic E-state index is 13.4. The van der Waals surface area contributed by atoms with Gasteiger partial charge in [0, 0.05) is 16.9 Å². The number of carbonyl (C=O) groups is 2. The number of aryl methyl sites for hydroxylation is 3. The smallest absolute Gasteiger partial charge is 0.359 e. The van der Waals surface area contributed by atoms with Crippen molar-refractivity contribution in [1.82, 2.24) is 9.78 Å². The summed E-state index contributed by atoms with van der Waals surface area (Å²) in [5.41, 5.74) is 6.42. The third kappa shape index (κ3) is 4.67. The van der Waals surface area contributed by atoms with Gasteiger partial charge in [0.05, 0.1) is 5.69 Å². The van der Waals surface area contributed by atoms with Crippen LogP contribution >= 0.6 is 0 Å². The fourth-order valence-corrected chi connectivity index (χ4v) is 4.43. The summed E-state index contributed by atoms with van der Waals surface area (Å²) in [5, 5.41) is 7.40. The molecule has 1 aliphatic carbocycles. The van der Waals surface area contributed by atoms with Gasteiger partial charge in [-0.2, -0.15) is 5.10 Å². The highest BCUT2D eigenvalue weighted by atomic mass is 19.1. The van der Waals surface area contributed by atoms with E-state index in [0.29, 0.717) is 12.1 Å². The van der Waals surface area contributed by atoms with Gasteiger partial charge in [0.2, 0.25) is 0 Å². The number of nitrogens with one attached hydrogen (secondary N) is 1. The number of hydrogen-bond acceptors (Lipinski definition) is 4. The second-order valence-corrected chi connectivity index (χ2v) is 8.68. The summed E-state index contributed by atoms with van der Waals surface area (Å²) in [6.45, 7) is 7.42. The number of aromatic nitrogens is 2. The number of esters is 1. The molecule has 0 radical (unpaired) electrons. The molecule has 1 atom stereocenters. The zero-order chi connectivity index (χ0) is 23.7. The van der Waals surface area contributed by atoms with E-state index in [9.17, 15) is 14.0 Å². The van der Waals surface area contributed by atoms with Gasteiger partial charge in [-0.1, -0.05) is 17.7 Å². The van der Waals surface area contributed by atoms with E-state index in [2.05, 4.69) is 10.4 Å². The molecule has 1 N–H and O–H groups in total. The summed E-state index contributed by atoms with van der Waals surface area (Å²) in [7, 11) is 0. The Balaban J connectivity index is 1.55. The van der Waals surface area contributed by atoms with Crippen LogP contribution in [-0.4, -0.2) is 27.8 Å². The van der Waals surface area contributed by atoms with E-state index in [1.54, 1.807) is 23.7 Å². The Hall–Kier alpha value is -3.48. The number of halogens is 1. The van der Waals surface area contributed by atoms with Crippen LogP contribution in [0.2, 0.25) is 0 Å². The number of benzene rings is 2. The Labute approximate surface area is 192 Å². The topological polar surface area (TPSA) is 73.2 Å². The van der Waals surface area contributed by atoms with Gasteiger partial charge in [0.15, 0.2) is 11.8 Å². The first kappa shape index (κ1) is 22.7. The minimum Gasteiger partial charge on any atom is -0.448 e. The van der Waals surface area contributed by atoms with Crippen molar-refractivity contribution in [2.45, 2.75) is 59.5 Å². The minimum atomic E-state index is -0.993. The van der Waals surface area contributed by atoms with Gasteiger partial charge in [-0.25, -0.2) is 13.9 Å². The number of anilines is 1. The Morgan fingerprint density at radius 1 is 1.06 bits per heavy atom. The number of nitrogens with zero attached hydrogens (tertiary/aromatic N) is 2. The minimum absolute atomic E-state index is 0.219. The van der Waals surface area contributed by atoms with E-state index < -0.39 is 18.0 Å². The predicted octanol–water partition coefficient (Wildman–Crippen LogP) is 5.00. The third-order valence-electron chi connectivity index (χ3n) is 6.02. The molecule has 1 heterocycles. The van der Waals surface area contributed by atoms with E-state index in [4.69, 9.17) is 4.74 Å². The molecule has 2 aromatic carbocycles. The molecule has 1 amide bonds. The average Bonchev–Trinajstić information content (AvgIpc) is 3.16. The zero-order valence-corrected chi connectivity index (χ0v) is 19.4. The van der Waals surface area contributed by atoms with Crippen molar-refractivity contribution in [3.63, 3.8) is 0 Å². The zero-order valence-electron chi connectivity index (χ0n) is 19.4. The second kappa shape index (κ2) is 9.17. The van der Waals surface area contributed by atoms with Gasteiger partial charge >= 0.3 is 5.97 Å². The highest BCUT2D eigenvalue weighted by Gasteiger charge is 2.29. The first-order valence-corrected chi connectivity index (χ1v) is 11.2. The SMILES string of the molecule is Cc1cc(C)c(NC(=O)C(C)OC(=O)c2nn(-c3ccc(F)cc3)c3c2CCCC3)c(C)c1. The summed E-state index contributed by atoms with van der Waals surface area (Å²) < 4.78 is 20.6. The van der Waals surface area contributed by atoms with Gasteiger partial charge in [-0.3, -0.25) is 4.79 Å². The van der Waals surface area contributed by atoms with Gasteiger partial charge in [0.1, 0.15) is 5.82 Å². The van der Waals surface area contributed by atoms with E-state index in [0.717, 1.165) is 52.9 Å². The Bertz CT molecular complexity index is 1190. The van der Waals surface area contributed by atoms with Crippen LogP contribution in [-0.2, 0) is 22.4 Å². The molecule has 0 saturated carbocycles. The third-order valence-corrected chi connectivity index (χ3v) is 6.02. The van der Waals surface area contributed by atoms with Gasteiger partial charge in [0.25, 0.3) is 5.91 Å². The fraction of sp³-hybridized carbons (Fsp3) is 0.346. The van der Waals surface area contributed by atoms with Crippen molar-refractivity contribution in [2.75, 3.05) is 5.32 Å². The maximum Gasteiger partial charge on any atom is 0.359 e. The molecule has 4 rings (SSSR count). The molecule has 6 nitrogen and oxygen atoms in total. The van der Waals surface area contributed by atoms with Crippen LogP contribution in [0.4, 0.5) is 10.1 Å². The van der Waals surface area contributed by atoms with Crippen molar-refractivity contribution < 1.29 is 18.7 Å². The summed E-state index contributed by atoms with van der Waals surface area (Å²) in [6.07, 6.45) is 2.43. The van der Waals surface area contributed by atoms with Crippen LogP contribution in [0.1, 0.15) is 58.2 Å². The number of carbonyl (C=O) groups excluding carboxylic acids is 2. The lowest BCUT2D eigenvalue weighted by Gasteiger charge is -2.17. The molecular weight excluding hydrogens is 421 g/mol. The number of ether oxygens (including phenoxy) is 1. The molecule has 0 bridgehead atoms. The predicted molar refractivity (Wildman–Crippen MR) is 124 cm³/mol. The lowest BCUT2D eigenvalue weighted by molar-refractivity contribution is -0.123. The number of hydrogen-bond donors (Lipinski definition) is 1. The summed E-state index contributed by atoms with van der Waals surface area (Å²) >= 11 is 0. The fourth-order valence-electron chi connectivity index (χ4n) is 4.43. The van der Waals surface area contributed by atoms with Gasteiger partial charge in [-0.05, 0) is 88.8 Å². The van der Waals surface area contributed by atoms with E-state index >= 15 is 0 Å². The Kier molecular flexibility index (Phi) is 6.31. The molecule has 0 spiro atoms. The lowest BCUT2D eigenvalue weighted by atomic mass is 9.95. The van der Waals surface area contributed by atoms with Crippen molar-refractivity contribution >= 4 is 17.6 Å². The summed E-state index contributed by atoms with van der Waals surface area (Å²) in [6, 6.07) is 9.99. The molecule has 33 heavy (non-hydrogen) atoms. The first-order chi connectivity index (χ1) is 15.7. The van der Waals surface area contributed by atoms with E-state index in [1.165, 1.54) is 12.1 Å². The lowest BCUT2D eigenvalue weighted by Crippen LogP contribution is -2.31. The summed E-state index contributed by atoms with van der Waals surface area (Å²) in [5.74, 6) is -1.36. The van der Waals surface area contributed by atoms with Crippen LogP contribution in [0.15, 0.2) is 36.4 Å². The standard InChI is InChI=1S/C26H28FN3O3/c1-15-13-16(2)23(17(3)14-15)28-25(31)18(4)33-26(32)24-21-7-5-6-8-22(21)30(29-24)20-11-9-19(27)10-12-20/h9-14,18H,5-8H2,1-4H3,(H,28,31). The Morgan fingerprint density at radius 3 is 2.36 bits per heavy atom. The Morgan fingerprint density at radius 2 is 1.70 bits per heavy atom. The van der Waals surface area contributed by atoms with E-state index in [-0.39, 0.29) is 11.5 Å². The average molecular weight is 450 g/mol. The highest BCUT2D eigenvalue weighted by molar-refractivity contribution is 5.98. The quantitative estimate of drug-likeness (QED) is 0.557. The van der Waals surface area contributed by atoms with Crippen molar-refractivity contribution in [3.05, 3.63) is 75.9 Å². The van der Waals surface area contributed by atoms with Crippen LogP contribution in [0.25, 0.3) is 5.69 Å². The highest BCUT2D eigenvalue weighted by Crippen LogP contribution is 2.28. The van der Waals surface area contributed by atoms with E-state index in [1.807, 2.05) is 32.9 Å². The molecule has 3 aromatic rings. The number of rotatable bonds is 5. The van der Waals surface area contributed by atoms with Gasteiger partial charge in [-0.15, -0.1) is 0 Å². The maximum atomic E-state index is 13.4. The molecule has 172 valence electrons. The van der Waals surface area contributed by atoms with Crippen LogP contribution < -0.4 is 5.32 Å². The van der Waals surface area contributed by atoms with Gasteiger partial charge < -0.3 is 10.1 Å². The van der Waals surface area contributed by atoms with Crippen molar-refractivity contribution in [3.8, 4) is 5.69 Å². The molecule has 0 fully saturated rings. The number of fused-ring (bicyclic) bond motifs is 1. The normalized spacial score (nSPS) is 13.8. The van der Waals surface area contributed by atoms with Crippen molar-refractivity contribution in [2.24, 2.45) is 0 Å². The molecule has 1 unspecified atom stereocenters. The molecule has 1 aliphatic rings. The van der Waals surface area contributed by atoms with Crippen molar-refractivity contribution in [1.29, 1.82) is 0 Å². The number of amides is 1. The van der Waals surface area contributed by atoms with Crippen LogP contribution in [0, 0.1) is 26.6 Å². The molecule has 1 aromatic heterocycles. The second-order valence-electron chi connectivity index (χ2n) is 8.68. The van der Waals surface area contributed by atoms with Crippen LogP contribution in [0.5, 0.6) is 0 Å². The summed E-state index contributed by atoms with van der Waals surface area (Å²) in [4.78, 5) is 25.8. The molecule has 7 heteroatoms. The molecular formula is C26H28FN3O3. The molecule has 0 aliphatic heterocycles.